The van der Waals surface area contributed by atoms with Crippen LogP contribution >= 0.6 is 0 Å². The zero-order chi connectivity index (χ0) is 26.2. The summed E-state index contributed by atoms with van der Waals surface area (Å²) >= 11 is 0. The second kappa shape index (κ2) is 12.4. The van der Waals surface area contributed by atoms with Crippen LogP contribution in [0.4, 0.5) is 0 Å². The maximum absolute atomic E-state index is 5.62. The molecule has 3 aromatic carbocycles. The van der Waals surface area contributed by atoms with E-state index in [0.29, 0.717) is 51.2 Å². The standard InChI is InChI=1S/C30H32N6O2/c1-3-37-20-18-35-29(31-27(33-35)23-12-7-5-8-13-23)25-16-11-17-26(22-25)30-32-28(24-14-9-6-10-15-24)34-36(30)19-21-38-4-2/h5-17,22H,3-4,18-21H2,1-2H3. The average molecular weight is 509 g/mol. The van der Waals surface area contributed by atoms with Crippen molar-refractivity contribution < 1.29 is 9.47 Å². The van der Waals surface area contributed by atoms with Gasteiger partial charge in [0.05, 0.1) is 26.3 Å². The fourth-order valence-corrected chi connectivity index (χ4v) is 4.23. The van der Waals surface area contributed by atoms with Gasteiger partial charge in [0.1, 0.15) is 0 Å². The number of benzene rings is 3. The molecule has 0 aliphatic carbocycles. The predicted octanol–water partition coefficient (Wildman–Crippen LogP) is 5.61. The minimum absolute atomic E-state index is 0.562. The molecular weight excluding hydrogens is 476 g/mol. The third-order valence-electron chi connectivity index (χ3n) is 6.09. The van der Waals surface area contributed by atoms with Crippen molar-refractivity contribution in [3.63, 3.8) is 0 Å². The lowest BCUT2D eigenvalue weighted by Gasteiger charge is -2.09. The van der Waals surface area contributed by atoms with Gasteiger partial charge in [-0.3, -0.25) is 0 Å². The first kappa shape index (κ1) is 25.5. The summed E-state index contributed by atoms with van der Waals surface area (Å²) in [4.78, 5) is 9.87. The lowest BCUT2D eigenvalue weighted by molar-refractivity contribution is 0.136. The van der Waals surface area contributed by atoms with Crippen LogP contribution in [0.1, 0.15) is 13.8 Å². The molecule has 0 spiro atoms. The summed E-state index contributed by atoms with van der Waals surface area (Å²) in [5.74, 6) is 2.95. The normalized spacial score (nSPS) is 11.2. The molecule has 0 aliphatic rings. The Balaban J connectivity index is 1.54. The molecule has 8 heteroatoms. The summed E-state index contributed by atoms with van der Waals surface area (Å²) in [5.41, 5.74) is 3.86. The Kier molecular flexibility index (Phi) is 8.32. The quantitative estimate of drug-likeness (QED) is 0.204. The maximum Gasteiger partial charge on any atom is 0.181 e. The topological polar surface area (TPSA) is 79.9 Å². The summed E-state index contributed by atoms with van der Waals surface area (Å²) in [6.45, 7) is 7.64. The van der Waals surface area contributed by atoms with Crippen molar-refractivity contribution in [1.82, 2.24) is 29.5 Å². The van der Waals surface area contributed by atoms with Gasteiger partial charge in [-0.2, -0.15) is 10.2 Å². The van der Waals surface area contributed by atoms with Crippen LogP contribution in [-0.4, -0.2) is 56.0 Å². The van der Waals surface area contributed by atoms with Crippen LogP contribution in [0.25, 0.3) is 45.6 Å². The van der Waals surface area contributed by atoms with Crippen LogP contribution < -0.4 is 0 Å². The highest BCUT2D eigenvalue weighted by Gasteiger charge is 2.17. The van der Waals surface area contributed by atoms with Crippen molar-refractivity contribution in [1.29, 1.82) is 0 Å². The first-order chi connectivity index (χ1) is 18.8. The van der Waals surface area contributed by atoms with Crippen LogP contribution in [0.3, 0.4) is 0 Å². The molecule has 0 atom stereocenters. The number of nitrogens with zero attached hydrogens (tertiary/aromatic N) is 6. The molecule has 0 amide bonds. The lowest BCUT2D eigenvalue weighted by Crippen LogP contribution is -2.10. The molecule has 38 heavy (non-hydrogen) atoms. The van der Waals surface area contributed by atoms with Crippen molar-refractivity contribution in [3.05, 3.63) is 84.9 Å². The molecule has 194 valence electrons. The molecule has 5 rings (SSSR count). The minimum atomic E-state index is 0.562. The fourth-order valence-electron chi connectivity index (χ4n) is 4.23. The molecule has 0 saturated heterocycles. The Morgan fingerprint density at radius 3 is 1.39 bits per heavy atom. The molecule has 0 fully saturated rings. The Morgan fingerprint density at radius 2 is 0.974 bits per heavy atom. The van der Waals surface area contributed by atoms with Crippen molar-refractivity contribution in [2.45, 2.75) is 26.9 Å². The smallest absolute Gasteiger partial charge is 0.181 e. The predicted molar refractivity (Wildman–Crippen MR) is 148 cm³/mol. The second-order valence-corrected chi connectivity index (χ2v) is 8.67. The largest absolute Gasteiger partial charge is 0.380 e. The number of hydrogen-bond donors (Lipinski definition) is 0. The third-order valence-corrected chi connectivity index (χ3v) is 6.09. The molecule has 0 N–H and O–H groups in total. The Bertz CT molecular complexity index is 1340. The monoisotopic (exact) mass is 508 g/mol. The van der Waals surface area contributed by atoms with Crippen molar-refractivity contribution in [2.24, 2.45) is 0 Å². The van der Waals surface area contributed by atoms with E-state index >= 15 is 0 Å². The van der Waals surface area contributed by atoms with E-state index in [1.54, 1.807) is 0 Å². The van der Waals surface area contributed by atoms with Crippen LogP contribution in [0.15, 0.2) is 84.9 Å². The highest BCUT2D eigenvalue weighted by molar-refractivity contribution is 5.69. The average Bonchev–Trinajstić information content (AvgIpc) is 3.60. The van der Waals surface area contributed by atoms with Gasteiger partial charge in [0, 0.05) is 35.5 Å². The maximum atomic E-state index is 5.62. The van der Waals surface area contributed by atoms with E-state index in [1.165, 1.54) is 0 Å². The number of ether oxygens (including phenoxy) is 2. The van der Waals surface area contributed by atoms with Gasteiger partial charge in [-0.1, -0.05) is 78.9 Å². The van der Waals surface area contributed by atoms with Crippen LogP contribution in [0, 0.1) is 0 Å². The van der Waals surface area contributed by atoms with Crippen LogP contribution in [0.5, 0.6) is 0 Å². The molecule has 2 aromatic heterocycles. The van der Waals surface area contributed by atoms with E-state index < -0.39 is 0 Å². The van der Waals surface area contributed by atoms with Crippen LogP contribution in [0.2, 0.25) is 0 Å². The molecule has 0 unspecified atom stereocenters. The van der Waals surface area contributed by atoms with Crippen LogP contribution in [-0.2, 0) is 22.6 Å². The van der Waals surface area contributed by atoms with E-state index in [4.69, 9.17) is 29.6 Å². The SMILES string of the molecule is CCOCCn1nc(-c2ccccc2)nc1-c1cccc(-c2nc(-c3ccccc3)nn2CCOCC)c1. The first-order valence-corrected chi connectivity index (χ1v) is 13.0. The first-order valence-electron chi connectivity index (χ1n) is 13.0. The van der Waals surface area contributed by atoms with E-state index in [1.807, 2.05) is 89.9 Å². The summed E-state index contributed by atoms with van der Waals surface area (Å²) in [7, 11) is 0. The van der Waals surface area contributed by atoms with Gasteiger partial charge in [0.15, 0.2) is 23.3 Å². The second-order valence-electron chi connectivity index (χ2n) is 8.67. The summed E-state index contributed by atoms with van der Waals surface area (Å²) in [5, 5.41) is 9.64. The Labute approximate surface area is 222 Å². The van der Waals surface area contributed by atoms with Gasteiger partial charge < -0.3 is 9.47 Å². The minimum Gasteiger partial charge on any atom is -0.380 e. The number of hydrogen-bond acceptors (Lipinski definition) is 6. The molecule has 2 heterocycles. The van der Waals surface area contributed by atoms with Gasteiger partial charge in [-0.25, -0.2) is 19.3 Å². The van der Waals surface area contributed by atoms with Gasteiger partial charge in [0.2, 0.25) is 0 Å². The zero-order valence-corrected chi connectivity index (χ0v) is 21.8. The summed E-state index contributed by atoms with van der Waals surface area (Å²) in [6, 6.07) is 28.3. The van der Waals surface area contributed by atoms with Crippen molar-refractivity contribution >= 4 is 0 Å². The molecule has 5 aromatic rings. The molecular formula is C30H32N6O2. The van der Waals surface area contributed by atoms with Gasteiger partial charge in [-0.15, -0.1) is 0 Å². The summed E-state index contributed by atoms with van der Waals surface area (Å²) in [6.07, 6.45) is 0. The van der Waals surface area contributed by atoms with Gasteiger partial charge >= 0.3 is 0 Å². The lowest BCUT2D eigenvalue weighted by atomic mass is 10.1. The van der Waals surface area contributed by atoms with E-state index in [-0.39, 0.29) is 0 Å². The molecule has 0 aliphatic heterocycles. The highest BCUT2D eigenvalue weighted by atomic mass is 16.5. The van der Waals surface area contributed by atoms with E-state index in [9.17, 15) is 0 Å². The Morgan fingerprint density at radius 1 is 0.553 bits per heavy atom. The van der Waals surface area contributed by atoms with Crippen molar-refractivity contribution in [3.8, 4) is 45.6 Å². The van der Waals surface area contributed by atoms with Gasteiger partial charge in [-0.05, 0) is 19.9 Å². The van der Waals surface area contributed by atoms with Crippen molar-refractivity contribution in [2.75, 3.05) is 26.4 Å². The van der Waals surface area contributed by atoms with E-state index in [0.717, 1.165) is 33.9 Å². The zero-order valence-electron chi connectivity index (χ0n) is 21.8. The molecule has 0 radical (unpaired) electrons. The van der Waals surface area contributed by atoms with Gasteiger partial charge in [0.25, 0.3) is 0 Å². The van der Waals surface area contributed by atoms with E-state index in [2.05, 4.69) is 18.2 Å². The Hall–Kier alpha value is -4.14. The molecule has 0 bridgehead atoms. The molecule has 0 saturated carbocycles. The number of rotatable bonds is 12. The summed E-state index contributed by atoms with van der Waals surface area (Å²) < 4.78 is 15.1. The number of aromatic nitrogens is 6. The third kappa shape index (κ3) is 5.88. The molecule has 8 nitrogen and oxygen atoms in total. The highest BCUT2D eigenvalue weighted by Crippen LogP contribution is 2.28. The fraction of sp³-hybridized carbons (Fsp3) is 0.267.